The third kappa shape index (κ3) is 3.14. The van der Waals surface area contributed by atoms with Crippen LogP contribution in [0.25, 0.3) is 0 Å². The summed E-state index contributed by atoms with van der Waals surface area (Å²) in [5, 5.41) is 0. The summed E-state index contributed by atoms with van der Waals surface area (Å²) < 4.78 is 10.8. The van der Waals surface area contributed by atoms with Crippen LogP contribution >= 0.6 is 0 Å². The molecular weight excluding hydrogens is 192 g/mol. The van der Waals surface area contributed by atoms with E-state index in [1.807, 2.05) is 0 Å². The van der Waals surface area contributed by atoms with Crippen molar-refractivity contribution >= 4 is 0 Å². The fourth-order valence-corrected chi connectivity index (χ4v) is 2.60. The van der Waals surface area contributed by atoms with Crippen LogP contribution in [0.2, 0.25) is 0 Å². The molecule has 15 heavy (non-hydrogen) atoms. The van der Waals surface area contributed by atoms with Gasteiger partial charge < -0.3 is 9.47 Å². The van der Waals surface area contributed by atoms with Gasteiger partial charge in [0.25, 0.3) is 0 Å². The van der Waals surface area contributed by atoms with Crippen LogP contribution in [0.1, 0.15) is 38.5 Å². The molecule has 1 rings (SSSR count). The monoisotopic (exact) mass is 216 g/mol. The van der Waals surface area contributed by atoms with Crippen molar-refractivity contribution in [2.24, 2.45) is 5.84 Å². The van der Waals surface area contributed by atoms with E-state index >= 15 is 0 Å². The molecule has 1 saturated carbocycles. The van der Waals surface area contributed by atoms with Gasteiger partial charge in [-0.2, -0.15) is 0 Å². The smallest absolute Gasteiger partial charge is 0.0844 e. The maximum Gasteiger partial charge on any atom is 0.0844 e. The van der Waals surface area contributed by atoms with Gasteiger partial charge in [-0.1, -0.05) is 12.8 Å². The minimum atomic E-state index is -0.0392. The third-order valence-corrected chi connectivity index (χ3v) is 3.53. The highest BCUT2D eigenvalue weighted by Crippen LogP contribution is 2.36. The average molecular weight is 216 g/mol. The van der Waals surface area contributed by atoms with Crippen LogP contribution in [0, 0.1) is 0 Å². The summed E-state index contributed by atoms with van der Waals surface area (Å²) in [5.74, 6) is 5.62. The normalized spacial score (nSPS) is 21.8. The Bertz CT molecular complexity index is 170. The van der Waals surface area contributed by atoms with Gasteiger partial charge in [0.05, 0.1) is 11.6 Å². The van der Waals surface area contributed by atoms with Crippen LogP contribution in [0.4, 0.5) is 0 Å². The van der Waals surface area contributed by atoms with E-state index in [-0.39, 0.29) is 11.6 Å². The van der Waals surface area contributed by atoms with E-state index in [0.717, 1.165) is 32.3 Å². The topological polar surface area (TPSA) is 56.5 Å². The largest absolute Gasteiger partial charge is 0.385 e. The lowest BCUT2D eigenvalue weighted by atomic mass is 9.89. The second kappa shape index (κ2) is 6.43. The Morgan fingerprint density at radius 1 is 1.33 bits per heavy atom. The van der Waals surface area contributed by atoms with Gasteiger partial charge in [-0.3, -0.25) is 11.3 Å². The van der Waals surface area contributed by atoms with Crippen molar-refractivity contribution in [2.45, 2.75) is 50.2 Å². The van der Waals surface area contributed by atoms with Gasteiger partial charge in [-0.05, 0) is 25.7 Å². The minimum Gasteiger partial charge on any atom is -0.385 e. The minimum absolute atomic E-state index is 0.0392. The summed E-state index contributed by atoms with van der Waals surface area (Å²) in [6.45, 7) is 0.790. The fraction of sp³-hybridized carbons (Fsp3) is 1.00. The van der Waals surface area contributed by atoms with Crippen LogP contribution in [0.5, 0.6) is 0 Å². The number of hydrogen-bond acceptors (Lipinski definition) is 4. The maximum atomic E-state index is 5.70. The van der Waals surface area contributed by atoms with E-state index in [1.54, 1.807) is 14.2 Å². The fourth-order valence-electron chi connectivity index (χ4n) is 2.60. The third-order valence-electron chi connectivity index (χ3n) is 3.53. The molecule has 1 aliphatic carbocycles. The van der Waals surface area contributed by atoms with Crippen LogP contribution in [0.15, 0.2) is 0 Å². The van der Waals surface area contributed by atoms with Gasteiger partial charge in [0.15, 0.2) is 0 Å². The molecule has 0 aliphatic heterocycles. The summed E-state index contributed by atoms with van der Waals surface area (Å²) >= 11 is 0. The zero-order chi connectivity index (χ0) is 11.1. The zero-order valence-electron chi connectivity index (χ0n) is 9.92. The Morgan fingerprint density at radius 2 is 2.00 bits per heavy atom. The molecule has 0 saturated heterocycles. The molecule has 0 aromatic rings. The van der Waals surface area contributed by atoms with E-state index in [2.05, 4.69) is 5.43 Å². The van der Waals surface area contributed by atoms with Crippen LogP contribution in [-0.4, -0.2) is 32.5 Å². The molecule has 0 aromatic heterocycles. The molecule has 90 valence electrons. The van der Waals surface area contributed by atoms with Crippen molar-refractivity contribution in [3.05, 3.63) is 0 Å². The second-order valence-corrected chi connectivity index (χ2v) is 4.33. The highest BCUT2D eigenvalue weighted by molar-refractivity contribution is 4.95. The highest BCUT2D eigenvalue weighted by Gasteiger charge is 2.40. The van der Waals surface area contributed by atoms with Gasteiger partial charge in [0.1, 0.15) is 0 Å². The molecule has 1 fully saturated rings. The molecule has 3 N–H and O–H groups in total. The number of ether oxygens (including phenoxy) is 2. The number of nitrogens with two attached hydrogens (primary N) is 1. The molecule has 0 amide bonds. The SMILES string of the molecule is COCCCC(NN)C1(OC)CCCC1. The van der Waals surface area contributed by atoms with Crippen molar-refractivity contribution in [3.8, 4) is 0 Å². The van der Waals surface area contributed by atoms with E-state index < -0.39 is 0 Å². The second-order valence-electron chi connectivity index (χ2n) is 4.33. The molecule has 1 unspecified atom stereocenters. The molecule has 1 atom stereocenters. The Labute approximate surface area is 92.5 Å². The van der Waals surface area contributed by atoms with Crippen molar-refractivity contribution in [2.75, 3.05) is 20.8 Å². The summed E-state index contributed by atoms with van der Waals surface area (Å²) in [6, 6.07) is 0.250. The molecule has 0 radical (unpaired) electrons. The lowest BCUT2D eigenvalue weighted by Crippen LogP contribution is -2.53. The Balaban J connectivity index is 2.46. The molecular formula is C11H24N2O2. The average Bonchev–Trinajstić information content (AvgIpc) is 2.74. The lowest BCUT2D eigenvalue weighted by molar-refractivity contribution is -0.0394. The number of rotatable bonds is 7. The van der Waals surface area contributed by atoms with Crippen molar-refractivity contribution < 1.29 is 9.47 Å². The first-order valence-electron chi connectivity index (χ1n) is 5.79. The van der Waals surface area contributed by atoms with Crippen LogP contribution in [-0.2, 0) is 9.47 Å². The Morgan fingerprint density at radius 3 is 2.47 bits per heavy atom. The standard InChI is InChI=1S/C11H24N2O2/c1-14-9-5-6-10(13-12)11(15-2)7-3-4-8-11/h10,13H,3-9,12H2,1-2H3. The lowest BCUT2D eigenvalue weighted by Gasteiger charge is -2.36. The summed E-state index contributed by atoms with van der Waals surface area (Å²) in [7, 11) is 3.53. The van der Waals surface area contributed by atoms with E-state index in [1.165, 1.54) is 12.8 Å². The molecule has 0 heterocycles. The van der Waals surface area contributed by atoms with Gasteiger partial charge in [-0.15, -0.1) is 0 Å². The predicted octanol–water partition coefficient (Wildman–Crippen LogP) is 1.20. The maximum absolute atomic E-state index is 5.70. The summed E-state index contributed by atoms with van der Waals surface area (Å²) in [4.78, 5) is 0. The number of nitrogens with one attached hydrogen (secondary N) is 1. The van der Waals surface area contributed by atoms with Crippen LogP contribution < -0.4 is 11.3 Å². The van der Waals surface area contributed by atoms with E-state index in [0.29, 0.717) is 0 Å². The molecule has 0 bridgehead atoms. The van der Waals surface area contributed by atoms with E-state index in [4.69, 9.17) is 15.3 Å². The quantitative estimate of drug-likeness (QED) is 0.381. The number of hydrazine groups is 1. The number of methoxy groups -OCH3 is 2. The van der Waals surface area contributed by atoms with Crippen molar-refractivity contribution in [3.63, 3.8) is 0 Å². The first kappa shape index (κ1) is 12.9. The summed E-state index contributed by atoms with van der Waals surface area (Å²) in [5.41, 5.74) is 2.87. The molecule has 1 aliphatic rings. The predicted molar refractivity (Wildman–Crippen MR) is 60.4 cm³/mol. The van der Waals surface area contributed by atoms with Crippen molar-refractivity contribution in [1.82, 2.24) is 5.43 Å². The van der Waals surface area contributed by atoms with Gasteiger partial charge >= 0.3 is 0 Å². The van der Waals surface area contributed by atoms with E-state index in [9.17, 15) is 0 Å². The first-order chi connectivity index (χ1) is 7.29. The van der Waals surface area contributed by atoms with Gasteiger partial charge in [0.2, 0.25) is 0 Å². The Hall–Kier alpha value is -0.160. The Kier molecular flexibility index (Phi) is 5.53. The van der Waals surface area contributed by atoms with Gasteiger partial charge in [0, 0.05) is 20.8 Å². The number of hydrogen-bond donors (Lipinski definition) is 2. The van der Waals surface area contributed by atoms with Gasteiger partial charge in [-0.25, -0.2) is 0 Å². The first-order valence-corrected chi connectivity index (χ1v) is 5.79. The highest BCUT2D eigenvalue weighted by atomic mass is 16.5. The molecule has 4 heteroatoms. The zero-order valence-corrected chi connectivity index (χ0v) is 9.92. The molecule has 0 aromatic carbocycles. The summed E-state index contributed by atoms with van der Waals surface area (Å²) in [6.07, 6.45) is 6.76. The molecule has 0 spiro atoms. The molecule has 4 nitrogen and oxygen atoms in total. The van der Waals surface area contributed by atoms with Crippen molar-refractivity contribution in [1.29, 1.82) is 0 Å². The van der Waals surface area contributed by atoms with Crippen LogP contribution in [0.3, 0.4) is 0 Å².